The number of nitrogens with zero attached hydrogens (tertiary/aromatic N) is 3. The van der Waals surface area contributed by atoms with Crippen LogP contribution in [0.1, 0.15) is 36.2 Å². The van der Waals surface area contributed by atoms with Gasteiger partial charge >= 0.3 is 0 Å². The van der Waals surface area contributed by atoms with Crippen molar-refractivity contribution in [3.8, 4) is 0 Å². The fourth-order valence-electron chi connectivity index (χ4n) is 2.35. The summed E-state index contributed by atoms with van der Waals surface area (Å²) in [7, 11) is 0. The third kappa shape index (κ3) is 2.34. The van der Waals surface area contributed by atoms with Gasteiger partial charge in [-0.2, -0.15) is 0 Å². The molecule has 0 atom stereocenters. The van der Waals surface area contributed by atoms with Crippen LogP contribution in [0.5, 0.6) is 0 Å². The first-order valence-electron chi connectivity index (χ1n) is 6.39. The van der Waals surface area contributed by atoms with Gasteiger partial charge in [0.1, 0.15) is 24.1 Å². The molecule has 1 aliphatic carbocycles. The third-order valence-electron chi connectivity index (χ3n) is 3.30. The van der Waals surface area contributed by atoms with Crippen LogP contribution >= 0.6 is 0 Å². The molecule has 1 N–H and O–H groups in total. The van der Waals surface area contributed by atoms with Crippen molar-refractivity contribution in [2.45, 2.75) is 38.6 Å². The van der Waals surface area contributed by atoms with Crippen molar-refractivity contribution < 1.29 is 4.52 Å². The van der Waals surface area contributed by atoms with E-state index < -0.39 is 0 Å². The first-order chi connectivity index (χ1) is 8.93. The molecular weight excluding hydrogens is 228 g/mol. The molecule has 5 nitrogen and oxygen atoms in total. The van der Waals surface area contributed by atoms with Crippen molar-refractivity contribution in [3.63, 3.8) is 0 Å². The molecule has 0 aromatic carbocycles. The minimum absolute atomic E-state index is 0.639. The van der Waals surface area contributed by atoms with Gasteiger partial charge in [-0.1, -0.05) is 11.6 Å². The first kappa shape index (κ1) is 11.2. The summed E-state index contributed by atoms with van der Waals surface area (Å²) in [4.78, 5) is 8.75. The van der Waals surface area contributed by atoms with Gasteiger partial charge in [-0.25, -0.2) is 9.97 Å². The van der Waals surface area contributed by atoms with E-state index in [1.807, 2.05) is 6.07 Å². The minimum Gasteiger partial charge on any atom is -0.364 e. The maximum atomic E-state index is 4.81. The van der Waals surface area contributed by atoms with Crippen LogP contribution < -0.4 is 5.32 Å². The summed E-state index contributed by atoms with van der Waals surface area (Å²) in [5.41, 5.74) is 3.36. The highest BCUT2D eigenvalue weighted by atomic mass is 16.5. The number of fused-ring (bicyclic) bond motifs is 1. The number of aryl methyl sites for hydroxylation is 1. The van der Waals surface area contributed by atoms with Crippen molar-refractivity contribution in [1.82, 2.24) is 15.1 Å². The van der Waals surface area contributed by atoms with E-state index in [0.717, 1.165) is 24.4 Å². The Hall–Kier alpha value is -1.91. The predicted octanol–water partition coefficient (Wildman–Crippen LogP) is 2.35. The number of rotatable bonds is 3. The Balaban J connectivity index is 1.79. The average molecular weight is 244 g/mol. The normalized spacial score (nSPS) is 14.9. The SMILES string of the molecule is c1nc2c(c(NCc3ccon3)n1)CCCCC2. The van der Waals surface area contributed by atoms with Crippen LogP contribution in [0.25, 0.3) is 0 Å². The standard InChI is InChI=1S/C13H16N4O/c1-2-4-11-12(5-3-1)15-9-16-13(11)14-8-10-6-7-18-17-10/h6-7,9H,1-5,8H2,(H,14,15,16). The molecule has 0 fully saturated rings. The molecule has 2 aromatic heterocycles. The molecule has 3 rings (SSSR count). The van der Waals surface area contributed by atoms with Crippen molar-refractivity contribution in [2.75, 3.05) is 5.32 Å². The first-order valence-corrected chi connectivity index (χ1v) is 6.39. The van der Waals surface area contributed by atoms with Crippen LogP contribution in [0, 0.1) is 0 Å². The Kier molecular flexibility index (Phi) is 3.21. The second-order valence-corrected chi connectivity index (χ2v) is 4.55. The summed E-state index contributed by atoms with van der Waals surface area (Å²) in [5, 5.41) is 7.21. The summed E-state index contributed by atoms with van der Waals surface area (Å²) in [5.74, 6) is 0.949. The van der Waals surface area contributed by atoms with E-state index in [1.54, 1.807) is 12.6 Å². The monoisotopic (exact) mass is 244 g/mol. The lowest BCUT2D eigenvalue weighted by Gasteiger charge is -2.11. The minimum atomic E-state index is 0.639. The lowest BCUT2D eigenvalue weighted by atomic mass is 10.1. The zero-order valence-corrected chi connectivity index (χ0v) is 10.2. The van der Waals surface area contributed by atoms with Crippen molar-refractivity contribution >= 4 is 5.82 Å². The quantitative estimate of drug-likeness (QED) is 0.839. The van der Waals surface area contributed by atoms with Gasteiger partial charge in [-0.15, -0.1) is 0 Å². The summed E-state index contributed by atoms with van der Waals surface area (Å²) < 4.78 is 4.81. The molecule has 1 aliphatic rings. The van der Waals surface area contributed by atoms with Gasteiger partial charge in [-0.05, 0) is 25.7 Å². The molecule has 2 aromatic rings. The molecule has 18 heavy (non-hydrogen) atoms. The molecule has 0 saturated heterocycles. The van der Waals surface area contributed by atoms with Crippen LogP contribution in [0.4, 0.5) is 5.82 Å². The zero-order valence-electron chi connectivity index (χ0n) is 10.2. The second-order valence-electron chi connectivity index (χ2n) is 4.55. The molecule has 0 radical (unpaired) electrons. The van der Waals surface area contributed by atoms with Gasteiger partial charge in [0.15, 0.2) is 0 Å². The topological polar surface area (TPSA) is 63.8 Å². The highest BCUT2D eigenvalue weighted by Crippen LogP contribution is 2.23. The largest absolute Gasteiger partial charge is 0.364 e. The van der Waals surface area contributed by atoms with Crippen molar-refractivity contribution in [2.24, 2.45) is 0 Å². The fraction of sp³-hybridized carbons (Fsp3) is 0.462. The highest BCUT2D eigenvalue weighted by molar-refractivity contribution is 5.46. The summed E-state index contributed by atoms with van der Waals surface area (Å²) in [6.45, 7) is 0.639. The van der Waals surface area contributed by atoms with Gasteiger partial charge in [0.25, 0.3) is 0 Å². The van der Waals surface area contributed by atoms with Crippen LogP contribution in [0.15, 0.2) is 23.2 Å². The van der Waals surface area contributed by atoms with Gasteiger partial charge in [0.2, 0.25) is 0 Å². The molecule has 0 saturated carbocycles. The van der Waals surface area contributed by atoms with E-state index in [9.17, 15) is 0 Å². The number of aromatic nitrogens is 3. The van der Waals surface area contributed by atoms with E-state index >= 15 is 0 Å². The summed E-state index contributed by atoms with van der Waals surface area (Å²) in [6, 6.07) is 1.85. The third-order valence-corrected chi connectivity index (χ3v) is 3.30. The lowest BCUT2D eigenvalue weighted by Crippen LogP contribution is -2.08. The molecule has 0 unspecified atom stereocenters. The van der Waals surface area contributed by atoms with Crippen molar-refractivity contribution in [3.05, 3.63) is 35.6 Å². The number of hydrogen-bond acceptors (Lipinski definition) is 5. The maximum Gasteiger partial charge on any atom is 0.133 e. The Labute approximate surface area is 106 Å². The van der Waals surface area contributed by atoms with Crippen molar-refractivity contribution in [1.29, 1.82) is 0 Å². The Morgan fingerprint density at radius 3 is 3.00 bits per heavy atom. The lowest BCUT2D eigenvalue weighted by molar-refractivity contribution is 0.412. The van der Waals surface area contributed by atoms with Crippen LogP contribution in [0.3, 0.4) is 0 Å². The van der Waals surface area contributed by atoms with E-state index in [4.69, 9.17) is 4.52 Å². The maximum absolute atomic E-state index is 4.81. The summed E-state index contributed by atoms with van der Waals surface area (Å²) >= 11 is 0. The van der Waals surface area contributed by atoms with E-state index in [2.05, 4.69) is 20.4 Å². The van der Waals surface area contributed by atoms with Crippen LogP contribution in [0.2, 0.25) is 0 Å². The summed E-state index contributed by atoms with van der Waals surface area (Å²) in [6.07, 6.45) is 9.09. The average Bonchev–Trinajstić information content (AvgIpc) is 2.79. The zero-order chi connectivity index (χ0) is 12.2. The molecule has 5 heteroatoms. The Morgan fingerprint density at radius 2 is 2.11 bits per heavy atom. The molecular formula is C13H16N4O. The van der Waals surface area contributed by atoms with Crippen LogP contribution in [-0.4, -0.2) is 15.1 Å². The Morgan fingerprint density at radius 1 is 1.17 bits per heavy atom. The molecule has 0 bridgehead atoms. The van der Waals surface area contributed by atoms with Gasteiger partial charge < -0.3 is 9.84 Å². The van der Waals surface area contributed by atoms with E-state index in [1.165, 1.54) is 30.5 Å². The fourth-order valence-corrected chi connectivity index (χ4v) is 2.35. The number of nitrogens with one attached hydrogen (secondary N) is 1. The predicted molar refractivity (Wildman–Crippen MR) is 67.1 cm³/mol. The second kappa shape index (κ2) is 5.16. The molecule has 0 aliphatic heterocycles. The van der Waals surface area contributed by atoms with Gasteiger partial charge in [0, 0.05) is 17.3 Å². The molecule has 0 amide bonds. The molecule has 94 valence electrons. The molecule has 2 heterocycles. The Bertz CT molecular complexity index is 510. The number of anilines is 1. The molecule has 0 spiro atoms. The van der Waals surface area contributed by atoms with E-state index in [0.29, 0.717) is 6.54 Å². The highest BCUT2D eigenvalue weighted by Gasteiger charge is 2.14. The smallest absolute Gasteiger partial charge is 0.133 e. The van der Waals surface area contributed by atoms with Gasteiger partial charge in [0.05, 0.1) is 6.54 Å². The van der Waals surface area contributed by atoms with E-state index in [-0.39, 0.29) is 0 Å². The number of hydrogen-bond donors (Lipinski definition) is 1. The van der Waals surface area contributed by atoms with Gasteiger partial charge in [-0.3, -0.25) is 0 Å². The van der Waals surface area contributed by atoms with Crippen LogP contribution in [-0.2, 0) is 19.4 Å².